The summed E-state index contributed by atoms with van der Waals surface area (Å²) in [7, 11) is 1.82. The van der Waals surface area contributed by atoms with Crippen LogP contribution in [0.2, 0.25) is 0 Å². The molecule has 94 valence electrons. The number of para-hydroxylation sites is 2. The Hall–Kier alpha value is -1.87. The van der Waals surface area contributed by atoms with E-state index in [0.717, 1.165) is 11.1 Å². The second kappa shape index (κ2) is 5.65. The van der Waals surface area contributed by atoms with Gasteiger partial charge in [0.25, 0.3) is 0 Å². The first-order valence-electron chi connectivity index (χ1n) is 5.88. The third kappa shape index (κ3) is 2.68. The van der Waals surface area contributed by atoms with Crippen molar-refractivity contribution in [1.29, 1.82) is 0 Å². The average molecular weight is 245 g/mol. The van der Waals surface area contributed by atoms with Gasteiger partial charge in [-0.3, -0.25) is 0 Å². The van der Waals surface area contributed by atoms with Gasteiger partial charge >= 0.3 is 0 Å². The zero-order chi connectivity index (χ0) is 13.0. The third-order valence-corrected chi connectivity index (χ3v) is 2.72. The molecule has 0 radical (unpaired) electrons. The smallest absolute Gasteiger partial charge is 0.167 e. The van der Waals surface area contributed by atoms with Crippen LogP contribution in [0.25, 0.3) is 0 Å². The van der Waals surface area contributed by atoms with Gasteiger partial charge in [0.1, 0.15) is 5.75 Å². The molecule has 2 aromatic carbocycles. The maximum absolute atomic E-state index is 13.8. The van der Waals surface area contributed by atoms with Gasteiger partial charge in [-0.05, 0) is 31.7 Å². The van der Waals surface area contributed by atoms with Crippen molar-refractivity contribution in [2.75, 3.05) is 7.05 Å². The predicted molar refractivity (Wildman–Crippen MR) is 70.4 cm³/mol. The van der Waals surface area contributed by atoms with Crippen LogP contribution in [0.1, 0.15) is 11.1 Å². The predicted octanol–water partition coefficient (Wildman–Crippen LogP) is 3.65. The molecule has 0 bridgehead atoms. The zero-order valence-electron chi connectivity index (χ0n) is 10.5. The molecule has 3 heteroatoms. The molecule has 0 aliphatic heterocycles. The summed E-state index contributed by atoms with van der Waals surface area (Å²) in [6.07, 6.45) is 0. The lowest BCUT2D eigenvalue weighted by Gasteiger charge is -2.13. The van der Waals surface area contributed by atoms with Crippen molar-refractivity contribution in [2.45, 2.75) is 13.5 Å². The van der Waals surface area contributed by atoms with Gasteiger partial charge in [-0.1, -0.05) is 30.3 Å². The highest BCUT2D eigenvalue weighted by molar-refractivity contribution is 5.41. The molecule has 0 amide bonds. The first-order chi connectivity index (χ1) is 8.72. The SMILES string of the molecule is CNCc1cccc(F)c1Oc1ccccc1C. The lowest BCUT2D eigenvalue weighted by molar-refractivity contribution is 0.432. The van der Waals surface area contributed by atoms with E-state index >= 15 is 0 Å². The molecule has 2 rings (SSSR count). The van der Waals surface area contributed by atoms with Gasteiger partial charge in [0.05, 0.1) is 0 Å². The minimum atomic E-state index is -0.342. The molecular formula is C15H16FNO. The van der Waals surface area contributed by atoms with Crippen LogP contribution < -0.4 is 10.1 Å². The fraction of sp³-hybridized carbons (Fsp3) is 0.200. The number of benzene rings is 2. The lowest BCUT2D eigenvalue weighted by atomic mass is 10.2. The Morgan fingerprint density at radius 2 is 1.89 bits per heavy atom. The van der Waals surface area contributed by atoms with E-state index in [0.29, 0.717) is 18.0 Å². The Labute approximate surface area is 106 Å². The third-order valence-electron chi connectivity index (χ3n) is 2.72. The molecule has 18 heavy (non-hydrogen) atoms. The number of hydrogen-bond acceptors (Lipinski definition) is 2. The van der Waals surface area contributed by atoms with E-state index in [9.17, 15) is 4.39 Å². The number of halogens is 1. The van der Waals surface area contributed by atoms with E-state index in [1.165, 1.54) is 6.07 Å². The minimum Gasteiger partial charge on any atom is -0.454 e. The number of hydrogen-bond donors (Lipinski definition) is 1. The quantitative estimate of drug-likeness (QED) is 0.887. The Bertz CT molecular complexity index is 540. The molecule has 0 aliphatic carbocycles. The van der Waals surface area contributed by atoms with Gasteiger partial charge in [-0.25, -0.2) is 4.39 Å². The summed E-state index contributed by atoms with van der Waals surface area (Å²) in [6, 6.07) is 12.5. The highest BCUT2D eigenvalue weighted by Gasteiger charge is 2.11. The van der Waals surface area contributed by atoms with Gasteiger partial charge in [0, 0.05) is 12.1 Å². The van der Waals surface area contributed by atoms with E-state index < -0.39 is 0 Å². The van der Waals surface area contributed by atoms with Crippen molar-refractivity contribution >= 4 is 0 Å². The Balaban J connectivity index is 2.36. The van der Waals surface area contributed by atoms with Crippen LogP contribution in [-0.4, -0.2) is 7.05 Å². The standard InChI is InChI=1S/C15H16FNO/c1-11-6-3-4-9-14(11)18-15-12(10-17-2)7-5-8-13(15)16/h3-9,17H,10H2,1-2H3. The summed E-state index contributed by atoms with van der Waals surface area (Å²) >= 11 is 0. The molecule has 0 unspecified atom stereocenters. The molecule has 0 aromatic heterocycles. The maximum Gasteiger partial charge on any atom is 0.167 e. The summed E-state index contributed by atoms with van der Waals surface area (Å²) in [5.41, 5.74) is 1.79. The summed E-state index contributed by atoms with van der Waals surface area (Å²) in [5.74, 6) is 0.632. The summed E-state index contributed by atoms with van der Waals surface area (Å²) < 4.78 is 19.5. The Morgan fingerprint density at radius 1 is 1.11 bits per heavy atom. The highest BCUT2D eigenvalue weighted by Crippen LogP contribution is 2.30. The van der Waals surface area contributed by atoms with Crippen LogP contribution >= 0.6 is 0 Å². The molecule has 0 atom stereocenters. The highest BCUT2D eigenvalue weighted by atomic mass is 19.1. The summed E-state index contributed by atoms with van der Waals surface area (Å²) in [6.45, 7) is 2.51. The van der Waals surface area contributed by atoms with E-state index in [2.05, 4.69) is 5.32 Å². The van der Waals surface area contributed by atoms with E-state index in [1.54, 1.807) is 6.07 Å². The van der Waals surface area contributed by atoms with Crippen molar-refractivity contribution < 1.29 is 9.13 Å². The van der Waals surface area contributed by atoms with Crippen LogP contribution in [0.3, 0.4) is 0 Å². The summed E-state index contributed by atoms with van der Waals surface area (Å²) in [4.78, 5) is 0. The van der Waals surface area contributed by atoms with Crippen LogP contribution in [0.5, 0.6) is 11.5 Å². The molecule has 0 saturated heterocycles. The van der Waals surface area contributed by atoms with Crippen molar-refractivity contribution in [3.63, 3.8) is 0 Å². The van der Waals surface area contributed by atoms with Gasteiger partial charge in [0.15, 0.2) is 11.6 Å². The van der Waals surface area contributed by atoms with Crippen LogP contribution in [0, 0.1) is 12.7 Å². The average Bonchev–Trinajstić information content (AvgIpc) is 2.36. The largest absolute Gasteiger partial charge is 0.454 e. The number of rotatable bonds is 4. The second-order valence-electron chi connectivity index (χ2n) is 4.13. The summed E-state index contributed by atoms with van der Waals surface area (Å²) in [5, 5.41) is 3.01. The zero-order valence-corrected chi connectivity index (χ0v) is 10.5. The topological polar surface area (TPSA) is 21.3 Å². The molecule has 0 saturated carbocycles. The van der Waals surface area contributed by atoms with E-state index in [1.807, 2.05) is 44.3 Å². The van der Waals surface area contributed by atoms with E-state index in [-0.39, 0.29) is 5.82 Å². The van der Waals surface area contributed by atoms with Gasteiger partial charge in [-0.15, -0.1) is 0 Å². The monoisotopic (exact) mass is 245 g/mol. The molecule has 0 fully saturated rings. The van der Waals surface area contributed by atoms with Crippen molar-refractivity contribution in [3.8, 4) is 11.5 Å². The fourth-order valence-corrected chi connectivity index (χ4v) is 1.78. The lowest BCUT2D eigenvalue weighted by Crippen LogP contribution is -2.07. The normalized spacial score (nSPS) is 10.4. The molecule has 0 heterocycles. The van der Waals surface area contributed by atoms with Gasteiger partial charge in [0.2, 0.25) is 0 Å². The molecule has 1 N–H and O–H groups in total. The molecule has 0 aliphatic rings. The fourth-order valence-electron chi connectivity index (χ4n) is 1.78. The maximum atomic E-state index is 13.8. The molecular weight excluding hydrogens is 229 g/mol. The Kier molecular flexibility index (Phi) is 3.95. The molecule has 2 aromatic rings. The minimum absolute atomic E-state index is 0.293. The van der Waals surface area contributed by atoms with Gasteiger partial charge in [-0.2, -0.15) is 0 Å². The van der Waals surface area contributed by atoms with E-state index in [4.69, 9.17) is 4.74 Å². The first-order valence-corrected chi connectivity index (χ1v) is 5.88. The van der Waals surface area contributed by atoms with Crippen LogP contribution in [0.15, 0.2) is 42.5 Å². The second-order valence-corrected chi connectivity index (χ2v) is 4.13. The van der Waals surface area contributed by atoms with Gasteiger partial charge < -0.3 is 10.1 Å². The van der Waals surface area contributed by atoms with Crippen LogP contribution in [0.4, 0.5) is 4.39 Å². The number of nitrogens with one attached hydrogen (secondary N) is 1. The molecule has 2 nitrogen and oxygen atoms in total. The van der Waals surface area contributed by atoms with Crippen molar-refractivity contribution in [3.05, 3.63) is 59.4 Å². The van der Waals surface area contributed by atoms with Crippen molar-refractivity contribution in [2.24, 2.45) is 0 Å². The first kappa shape index (κ1) is 12.6. The molecule has 0 spiro atoms. The number of aryl methyl sites for hydroxylation is 1. The Morgan fingerprint density at radius 3 is 2.61 bits per heavy atom. The van der Waals surface area contributed by atoms with Crippen molar-refractivity contribution in [1.82, 2.24) is 5.32 Å². The van der Waals surface area contributed by atoms with Crippen LogP contribution in [-0.2, 0) is 6.54 Å². The number of ether oxygens (including phenoxy) is 1.